The standard InChI is InChI=1S/C76H123N13O14/c1-20-21-35-89-46-64(92)87(19)66(51(8)9)70(96)78-57(73(99)88-36-29-24-30-37-88)45-63(91)82(14)52(10)67(93)79-58(47-103-39-38-81(12)13)72(98)85(17)61(42-50(6)7)74(100)84(16)60(43-54-31-25-22-26-32-54)68(94)77-56(40-48(2)3)71(97)86(18)62(44-55-33-27-23-28-34-55)75(101)83(15)59(41-49(4)5)69(95)80-65(53(11)90)76(89)102/h22-23,25-28,31-34,48-53,56-62,65-66,90H,20-21,24,29-30,35-47H2,1-19H3,(H,77,94)(H,78,96)(H,79,93)(H,80,95)/t52-,53+,56-,57-,58-,59-,60-,61-,62-,65-,66-/m0/s1. The summed E-state index contributed by atoms with van der Waals surface area (Å²) in [5, 5.41) is 22.8. The summed E-state index contributed by atoms with van der Waals surface area (Å²) in [5.74, 6) is -9.99. The predicted octanol–water partition coefficient (Wildman–Crippen LogP) is 3.19. The molecule has 4 rings (SSSR count). The van der Waals surface area contributed by atoms with E-state index in [0.29, 0.717) is 56.4 Å². The number of carbonyl (C=O) groups excluding carboxylic acids is 12. The zero-order chi connectivity index (χ0) is 77.3. The van der Waals surface area contributed by atoms with E-state index in [2.05, 4.69) is 21.3 Å². The molecule has 576 valence electrons. The number of nitrogens with one attached hydrogen (secondary N) is 4. The van der Waals surface area contributed by atoms with Crippen LogP contribution in [0.5, 0.6) is 0 Å². The van der Waals surface area contributed by atoms with Crippen molar-refractivity contribution >= 4 is 70.9 Å². The highest BCUT2D eigenvalue weighted by molar-refractivity contribution is 6.00. The average molecular weight is 1440 g/mol. The first-order valence-electron chi connectivity index (χ1n) is 36.8. The van der Waals surface area contributed by atoms with Gasteiger partial charge in [0.2, 0.25) is 70.9 Å². The number of unbranched alkanes of at least 4 members (excludes halogenated alkanes) is 1. The molecule has 11 atom stereocenters. The molecule has 2 aliphatic heterocycles. The lowest BCUT2D eigenvalue weighted by molar-refractivity contribution is -0.152. The van der Waals surface area contributed by atoms with Gasteiger partial charge in [-0.1, -0.05) is 129 Å². The van der Waals surface area contributed by atoms with E-state index >= 15 is 33.6 Å². The van der Waals surface area contributed by atoms with Gasteiger partial charge in [-0.15, -0.1) is 0 Å². The van der Waals surface area contributed by atoms with Gasteiger partial charge in [-0.25, -0.2) is 0 Å². The minimum absolute atomic E-state index is 0.0154. The molecule has 2 aromatic rings. The summed E-state index contributed by atoms with van der Waals surface area (Å²) in [7, 11) is 12.2. The van der Waals surface area contributed by atoms with Crippen molar-refractivity contribution in [2.24, 2.45) is 23.7 Å². The van der Waals surface area contributed by atoms with Crippen molar-refractivity contribution in [3.8, 4) is 0 Å². The van der Waals surface area contributed by atoms with Crippen LogP contribution in [0.25, 0.3) is 0 Å². The highest BCUT2D eigenvalue weighted by Gasteiger charge is 2.44. The first-order valence-corrected chi connectivity index (χ1v) is 36.8. The van der Waals surface area contributed by atoms with Crippen molar-refractivity contribution in [3.63, 3.8) is 0 Å². The van der Waals surface area contributed by atoms with E-state index in [9.17, 15) is 29.1 Å². The van der Waals surface area contributed by atoms with Gasteiger partial charge in [-0.3, -0.25) is 57.5 Å². The molecule has 5 N–H and O–H groups in total. The summed E-state index contributed by atoms with van der Waals surface area (Å²) >= 11 is 0. The van der Waals surface area contributed by atoms with Crippen LogP contribution in [0.1, 0.15) is 145 Å². The lowest BCUT2D eigenvalue weighted by atomic mass is 9.96. The molecular weight excluding hydrogens is 1320 g/mol. The maximum atomic E-state index is 15.6. The smallest absolute Gasteiger partial charge is 0.248 e. The predicted molar refractivity (Wildman–Crippen MR) is 394 cm³/mol. The maximum Gasteiger partial charge on any atom is 0.248 e. The SMILES string of the molecule is CCCCN1CC(=O)N(C)[C@@H](C(C)C)C(=O)N[C@H](C(=O)N2CCCCC2)CC(=O)N(C)[C@@H](C)C(=O)N[C@@H](COCCN(C)C)C(=O)N(C)[C@@H](CC(C)C)C(=O)N(C)[C@@H](Cc2ccccc2)C(=O)N[C@@H](CC(C)C)C(=O)N(C)[C@@H](Cc2ccccc2)C(=O)N(C)[C@@H](CC(C)C)C(=O)N[C@@H]([C@@H](C)O)C1=O. The number of hydrogen-bond donors (Lipinski definition) is 5. The van der Waals surface area contributed by atoms with Crippen molar-refractivity contribution < 1.29 is 67.4 Å². The third kappa shape index (κ3) is 26.0. The normalized spacial score (nSPS) is 24.7. The van der Waals surface area contributed by atoms with Gasteiger partial charge in [-0.05, 0) is 108 Å². The number of likely N-dealkylation sites (tertiary alicyclic amines) is 1. The molecule has 0 spiro atoms. The molecule has 0 radical (unpaired) electrons. The Hall–Kier alpha value is -8.04. The summed E-state index contributed by atoms with van der Waals surface area (Å²) in [5.41, 5.74) is 1.31. The van der Waals surface area contributed by atoms with Crippen LogP contribution in [0.2, 0.25) is 0 Å². The number of hydrogen-bond acceptors (Lipinski definition) is 15. The number of carbonyl (C=O) groups is 12. The molecule has 2 heterocycles. The van der Waals surface area contributed by atoms with Gasteiger partial charge >= 0.3 is 0 Å². The Morgan fingerprint density at radius 2 is 1.03 bits per heavy atom. The highest BCUT2D eigenvalue weighted by atomic mass is 16.5. The fraction of sp³-hybridized carbons (Fsp3) is 0.684. The summed E-state index contributed by atoms with van der Waals surface area (Å²) in [4.78, 5) is 193. The zero-order valence-electron chi connectivity index (χ0n) is 64.9. The molecule has 0 aromatic heterocycles. The van der Waals surface area contributed by atoms with Crippen LogP contribution in [-0.2, 0) is 75.1 Å². The van der Waals surface area contributed by atoms with Crippen LogP contribution >= 0.6 is 0 Å². The number of piperidine rings is 1. The van der Waals surface area contributed by atoms with E-state index in [1.165, 1.54) is 80.6 Å². The molecule has 2 aromatic carbocycles. The van der Waals surface area contributed by atoms with E-state index in [4.69, 9.17) is 4.74 Å². The Balaban J connectivity index is 2.01. The second-order valence-electron chi connectivity index (χ2n) is 30.0. The lowest BCUT2D eigenvalue weighted by Crippen LogP contribution is -2.62. The Bertz CT molecular complexity index is 3130. The molecule has 27 heteroatoms. The fourth-order valence-corrected chi connectivity index (χ4v) is 13.0. The van der Waals surface area contributed by atoms with Crippen LogP contribution < -0.4 is 21.3 Å². The Kier molecular flexibility index (Phi) is 35.7. The van der Waals surface area contributed by atoms with Gasteiger partial charge in [0.1, 0.15) is 60.4 Å². The summed E-state index contributed by atoms with van der Waals surface area (Å²) in [6, 6.07) is 4.21. The second-order valence-corrected chi connectivity index (χ2v) is 30.0. The quantitative estimate of drug-likeness (QED) is 0.112. The summed E-state index contributed by atoms with van der Waals surface area (Å²) < 4.78 is 6.04. The number of likely N-dealkylation sites (N-methyl/N-ethyl adjacent to an activating group) is 7. The van der Waals surface area contributed by atoms with Gasteiger partial charge in [-0.2, -0.15) is 0 Å². The summed E-state index contributed by atoms with van der Waals surface area (Å²) in [6.07, 6.45) is 1.07. The maximum absolute atomic E-state index is 15.6. The molecule has 103 heavy (non-hydrogen) atoms. The first-order chi connectivity index (χ1) is 48.4. The van der Waals surface area contributed by atoms with Crippen molar-refractivity contribution in [2.75, 3.05) is 102 Å². The zero-order valence-corrected chi connectivity index (χ0v) is 64.9. The van der Waals surface area contributed by atoms with Crippen LogP contribution in [0.15, 0.2) is 60.7 Å². The van der Waals surface area contributed by atoms with Crippen LogP contribution in [0, 0.1) is 23.7 Å². The van der Waals surface area contributed by atoms with E-state index in [0.717, 1.165) is 16.2 Å². The molecule has 0 unspecified atom stereocenters. The van der Waals surface area contributed by atoms with E-state index in [1.54, 1.807) is 79.4 Å². The van der Waals surface area contributed by atoms with Gasteiger partial charge in [0.05, 0.1) is 32.3 Å². The van der Waals surface area contributed by atoms with Crippen molar-refractivity contribution in [2.45, 2.75) is 213 Å². The highest BCUT2D eigenvalue weighted by Crippen LogP contribution is 2.24. The molecule has 0 bridgehead atoms. The molecule has 2 fully saturated rings. The van der Waals surface area contributed by atoms with Crippen molar-refractivity contribution in [1.82, 2.24) is 65.4 Å². The summed E-state index contributed by atoms with van der Waals surface area (Å²) in [6.45, 7) is 19.4. The molecule has 0 aliphatic carbocycles. The number of benzene rings is 2. The van der Waals surface area contributed by atoms with Crippen molar-refractivity contribution in [3.05, 3.63) is 71.8 Å². The van der Waals surface area contributed by atoms with E-state index in [1.807, 2.05) is 67.5 Å². The Morgan fingerprint density at radius 1 is 0.544 bits per heavy atom. The molecule has 2 aliphatic rings. The number of amides is 12. The molecule has 0 saturated carbocycles. The number of nitrogens with zero attached hydrogens (tertiary/aromatic N) is 9. The Morgan fingerprint density at radius 3 is 1.55 bits per heavy atom. The topological polar surface area (TPSA) is 312 Å². The van der Waals surface area contributed by atoms with Crippen LogP contribution in [0.4, 0.5) is 0 Å². The largest absolute Gasteiger partial charge is 0.391 e. The average Bonchev–Trinajstić information content (AvgIpc) is 0.816. The van der Waals surface area contributed by atoms with E-state index < -0.39 is 156 Å². The van der Waals surface area contributed by atoms with E-state index in [-0.39, 0.29) is 69.6 Å². The molecule has 2 saturated heterocycles. The van der Waals surface area contributed by atoms with Gasteiger partial charge in [0.15, 0.2) is 0 Å². The minimum Gasteiger partial charge on any atom is -0.391 e. The van der Waals surface area contributed by atoms with Gasteiger partial charge < -0.3 is 75.2 Å². The van der Waals surface area contributed by atoms with Crippen molar-refractivity contribution in [1.29, 1.82) is 0 Å². The monoisotopic (exact) mass is 1440 g/mol. The van der Waals surface area contributed by atoms with Crippen LogP contribution in [-0.4, -0.2) is 289 Å². The fourth-order valence-electron chi connectivity index (χ4n) is 13.0. The molecule has 12 amide bonds. The van der Waals surface area contributed by atoms with Gasteiger partial charge in [0, 0.05) is 81.3 Å². The number of ether oxygens (including phenoxy) is 1. The minimum atomic E-state index is -1.67. The number of aliphatic hydroxyl groups excluding tert-OH is 1. The third-order valence-electron chi connectivity index (χ3n) is 19.5. The van der Waals surface area contributed by atoms with Crippen LogP contribution in [0.3, 0.4) is 0 Å². The van der Waals surface area contributed by atoms with Gasteiger partial charge in [0.25, 0.3) is 0 Å². The Labute approximate surface area is 612 Å². The lowest BCUT2D eigenvalue weighted by Gasteiger charge is -2.38. The number of aliphatic hydroxyl groups is 1. The molecular formula is C76H123N13O14. The first kappa shape index (κ1) is 87.4. The second kappa shape index (κ2) is 42.0. The molecule has 27 nitrogen and oxygen atoms in total. The third-order valence-corrected chi connectivity index (χ3v) is 19.5. The number of rotatable bonds is 21.